The molecule has 0 amide bonds. The van der Waals surface area contributed by atoms with Crippen molar-refractivity contribution in [1.82, 2.24) is 0 Å². The van der Waals surface area contributed by atoms with Crippen LogP contribution >= 0.6 is 15.9 Å². The zero-order valence-corrected chi connectivity index (χ0v) is 11.1. The number of rotatable bonds is 1. The Morgan fingerprint density at radius 1 is 1.06 bits per heavy atom. The van der Waals surface area contributed by atoms with Gasteiger partial charge in [-0.05, 0) is 47.2 Å². The molecule has 86 valence electrons. The molecule has 2 N–H and O–H groups in total. The normalized spacial score (nSPS) is 18.1. The number of fused-ring (bicyclic) bond motifs is 1. The van der Waals surface area contributed by atoms with Crippen LogP contribution in [0, 0.1) is 0 Å². The zero-order chi connectivity index (χ0) is 11.8. The van der Waals surface area contributed by atoms with Crippen molar-refractivity contribution in [2.45, 2.75) is 18.9 Å². The molecule has 0 aliphatic heterocycles. The van der Waals surface area contributed by atoms with E-state index >= 15 is 0 Å². The molecule has 0 fully saturated rings. The van der Waals surface area contributed by atoms with Gasteiger partial charge in [0.05, 0.1) is 0 Å². The Balaban J connectivity index is 2.06. The Hall–Kier alpha value is -1.12. The Kier molecular flexibility index (Phi) is 2.77. The summed E-state index contributed by atoms with van der Waals surface area (Å²) in [5.41, 5.74) is 11.3. The predicted molar refractivity (Wildman–Crippen MR) is 74.8 cm³/mol. The van der Waals surface area contributed by atoms with Gasteiger partial charge in [-0.2, -0.15) is 0 Å². The third kappa shape index (κ3) is 2.03. The molecule has 1 unspecified atom stereocenters. The minimum Gasteiger partial charge on any atom is -0.324 e. The van der Waals surface area contributed by atoms with Crippen molar-refractivity contribution < 1.29 is 0 Å². The Labute approximate surface area is 110 Å². The van der Waals surface area contributed by atoms with Crippen LogP contribution in [-0.2, 0) is 6.42 Å². The second-order valence-electron chi connectivity index (χ2n) is 4.57. The van der Waals surface area contributed by atoms with E-state index in [0.29, 0.717) is 0 Å². The van der Waals surface area contributed by atoms with E-state index in [1.165, 1.54) is 22.3 Å². The topological polar surface area (TPSA) is 26.0 Å². The van der Waals surface area contributed by atoms with Crippen molar-refractivity contribution in [3.05, 3.63) is 58.1 Å². The van der Waals surface area contributed by atoms with Crippen LogP contribution in [0.4, 0.5) is 0 Å². The highest BCUT2D eigenvalue weighted by Gasteiger charge is 2.18. The van der Waals surface area contributed by atoms with Gasteiger partial charge in [-0.15, -0.1) is 0 Å². The van der Waals surface area contributed by atoms with Gasteiger partial charge in [0, 0.05) is 10.5 Å². The van der Waals surface area contributed by atoms with E-state index in [1.807, 2.05) is 6.07 Å². The fourth-order valence-electron chi connectivity index (χ4n) is 2.50. The lowest BCUT2D eigenvalue weighted by Crippen LogP contribution is -2.04. The Morgan fingerprint density at radius 3 is 2.71 bits per heavy atom. The highest BCUT2D eigenvalue weighted by molar-refractivity contribution is 9.10. The minimum absolute atomic E-state index is 0.238. The van der Waals surface area contributed by atoms with Gasteiger partial charge in [0.1, 0.15) is 0 Å². The molecule has 1 aliphatic carbocycles. The monoisotopic (exact) mass is 287 g/mol. The van der Waals surface area contributed by atoms with E-state index in [-0.39, 0.29) is 6.04 Å². The maximum Gasteiger partial charge on any atom is 0.0300 e. The largest absolute Gasteiger partial charge is 0.324 e. The van der Waals surface area contributed by atoms with E-state index in [4.69, 9.17) is 5.73 Å². The van der Waals surface area contributed by atoms with Gasteiger partial charge in [-0.3, -0.25) is 0 Å². The standard InChI is InChI=1S/C15H14BrN/c16-13-3-1-2-10(9-13)11-4-6-14-12(8-11)5-7-15(14)17/h1-4,6,8-9,15H,5,7,17H2. The van der Waals surface area contributed by atoms with Crippen molar-refractivity contribution in [2.24, 2.45) is 5.73 Å². The van der Waals surface area contributed by atoms with E-state index in [9.17, 15) is 0 Å². The summed E-state index contributed by atoms with van der Waals surface area (Å²) in [5, 5.41) is 0. The van der Waals surface area contributed by atoms with Gasteiger partial charge >= 0.3 is 0 Å². The molecule has 0 spiro atoms. The molecular formula is C15H14BrN. The van der Waals surface area contributed by atoms with Gasteiger partial charge in [0.25, 0.3) is 0 Å². The van der Waals surface area contributed by atoms with E-state index in [2.05, 4.69) is 52.3 Å². The summed E-state index contributed by atoms with van der Waals surface area (Å²) in [6.45, 7) is 0. The fraction of sp³-hybridized carbons (Fsp3) is 0.200. The van der Waals surface area contributed by atoms with Crippen molar-refractivity contribution >= 4 is 15.9 Å². The summed E-state index contributed by atoms with van der Waals surface area (Å²) in [7, 11) is 0. The van der Waals surface area contributed by atoms with Crippen LogP contribution in [-0.4, -0.2) is 0 Å². The van der Waals surface area contributed by atoms with Crippen LogP contribution < -0.4 is 5.73 Å². The van der Waals surface area contributed by atoms with Gasteiger partial charge in [0.2, 0.25) is 0 Å². The van der Waals surface area contributed by atoms with Crippen molar-refractivity contribution in [3.63, 3.8) is 0 Å². The number of nitrogens with two attached hydrogens (primary N) is 1. The molecule has 3 rings (SSSR count). The lowest BCUT2D eigenvalue weighted by atomic mass is 10.00. The number of hydrogen-bond acceptors (Lipinski definition) is 1. The Bertz CT molecular complexity index is 563. The molecule has 0 saturated heterocycles. The highest BCUT2D eigenvalue weighted by Crippen LogP contribution is 2.33. The minimum atomic E-state index is 0.238. The molecule has 2 heteroatoms. The van der Waals surface area contributed by atoms with Crippen molar-refractivity contribution in [2.75, 3.05) is 0 Å². The zero-order valence-electron chi connectivity index (χ0n) is 9.49. The number of hydrogen-bond donors (Lipinski definition) is 1. The summed E-state index contributed by atoms with van der Waals surface area (Å²) in [6, 6.07) is 15.3. The summed E-state index contributed by atoms with van der Waals surface area (Å²) in [4.78, 5) is 0. The van der Waals surface area contributed by atoms with Crippen LogP contribution in [0.5, 0.6) is 0 Å². The maximum atomic E-state index is 6.05. The van der Waals surface area contributed by atoms with Crippen LogP contribution in [0.1, 0.15) is 23.6 Å². The second kappa shape index (κ2) is 4.28. The molecule has 0 heterocycles. The molecule has 0 radical (unpaired) electrons. The molecule has 17 heavy (non-hydrogen) atoms. The van der Waals surface area contributed by atoms with Gasteiger partial charge in [0.15, 0.2) is 0 Å². The summed E-state index contributed by atoms with van der Waals surface area (Å²) in [5.74, 6) is 0. The Morgan fingerprint density at radius 2 is 1.88 bits per heavy atom. The van der Waals surface area contributed by atoms with Crippen LogP contribution in [0.15, 0.2) is 46.9 Å². The lowest BCUT2D eigenvalue weighted by molar-refractivity contribution is 0.713. The van der Waals surface area contributed by atoms with Gasteiger partial charge < -0.3 is 5.73 Å². The SMILES string of the molecule is NC1CCc2cc(-c3cccc(Br)c3)ccc21. The third-order valence-electron chi connectivity index (χ3n) is 3.43. The first-order valence-corrected chi connectivity index (χ1v) is 6.68. The molecule has 0 aromatic heterocycles. The molecule has 2 aromatic rings. The van der Waals surface area contributed by atoms with Gasteiger partial charge in [-0.1, -0.05) is 46.3 Å². The van der Waals surface area contributed by atoms with Gasteiger partial charge in [-0.25, -0.2) is 0 Å². The molecular weight excluding hydrogens is 274 g/mol. The summed E-state index contributed by atoms with van der Waals surface area (Å²) < 4.78 is 1.12. The van der Waals surface area contributed by atoms with Crippen molar-refractivity contribution in [3.8, 4) is 11.1 Å². The molecule has 1 atom stereocenters. The van der Waals surface area contributed by atoms with E-state index < -0.39 is 0 Å². The quantitative estimate of drug-likeness (QED) is 0.841. The van der Waals surface area contributed by atoms with Crippen LogP contribution in [0.2, 0.25) is 0 Å². The van der Waals surface area contributed by atoms with E-state index in [0.717, 1.165) is 17.3 Å². The average molecular weight is 288 g/mol. The van der Waals surface area contributed by atoms with Crippen LogP contribution in [0.3, 0.4) is 0 Å². The molecule has 1 aliphatic rings. The number of benzene rings is 2. The molecule has 2 aromatic carbocycles. The third-order valence-corrected chi connectivity index (χ3v) is 3.92. The maximum absolute atomic E-state index is 6.05. The van der Waals surface area contributed by atoms with Crippen LogP contribution in [0.25, 0.3) is 11.1 Å². The summed E-state index contributed by atoms with van der Waals surface area (Å²) in [6.07, 6.45) is 2.19. The lowest BCUT2D eigenvalue weighted by Gasteiger charge is -2.07. The number of halogens is 1. The molecule has 0 bridgehead atoms. The van der Waals surface area contributed by atoms with Crippen molar-refractivity contribution in [1.29, 1.82) is 0 Å². The average Bonchev–Trinajstić information content (AvgIpc) is 2.71. The van der Waals surface area contributed by atoms with E-state index in [1.54, 1.807) is 0 Å². The molecule has 0 saturated carbocycles. The second-order valence-corrected chi connectivity index (χ2v) is 5.48. The highest BCUT2D eigenvalue weighted by atomic mass is 79.9. The first-order valence-electron chi connectivity index (χ1n) is 5.88. The molecule has 1 nitrogen and oxygen atoms in total. The predicted octanol–water partition coefficient (Wildman–Crippen LogP) is 4.06. The summed E-state index contributed by atoms with van der Waals surface area (Å²) >= 11 is 3.51. The first kappa shape index (κ1) is 11.0. The smallest absolute Gasteiger partial charge is 0.0300 e. The first-order chi connectivity index (χ1) is 8.24. The fourth-order valence-corrected chi connectivity index (χ4v) is 2.90. The number of aryl methyl sites for hydroxylation is 1.